The fraction of sp³-hybridized carbons (Fsp3) is 0.465. The van der Waals surface area contributed by atoms with Gasteiger partial charge in [0.25, 0.3) is 0 Å². The topological polar surface area (TPSA) is 207 Å². The van der Waals surface area contributed by atoms with Gasteiger partial charge in [-0.05, 0) is 141 Å². The van der Waals surface area contributed by atoms with E-state index in [4.69, 9.17) is 71.1 Å². The molecule has 0 aromatic heterocycles. The van der Waals surface area contributed by atoms with Crippen LogP contribution in [0.25, 0.3) is 0 Å². The highest BCUT2D eigenvalue weighted by Gasteiger charge is 2.57. The molecule has 7 aromatic rings. The first kappa shape index (κ1) is 81.8. The number of esters is 4. The molecule has 0 unspecified atom stereocenters. The molecule has 3 saturated heterocycles. The standard InChI is InChI=1S/C86H103FO19S/c1-83(2,3)79(88)100-55-65-68(93-48-57-33-21-14-22-34-57)71(96-51-60-39-27-17-28-40-60)74(105-81(90)85(7,8)9)76(102-65)98-53-64-67(92-47-56-31-19-13-20-32-56)70(95-50-59-37-25-16-26-38-59)73(104-80(89)84(4,5)6)77(101-64)99-54-66-69(94-49-58-35-23-15-24-36-58)72(97-52-61-41-29-18-30-42-61)75(106-82(91)86(10,11)12)78(103-66)107-63-45-43-62(87)44-46-63/h13-46,64-78H,47-55H2,1-12H3/t64-,65-,66-,67-,68-,69-,70+,71+,72+,73+,74+,75+,76+,77+,78-/m1/s1. The van der Waals surface area contributed by atoms with Gasteiger partial charge in [-0.1, -0.05) is 194 Å². The van der Waals surface area contributed by atoms with Crippen LogP contribution in [-0.2, 0) is 130 Å². The van der Waals surface area contributed by atoms with Crippen molar-refractivity contribution in [1.29, 1.82) is 0 Å². The van der Waals surface area contributed by atoms with Gasteiger partial charge < -0.3 is 71.1 Å². The van der Waals surface area contributed by atoms with Gasteiger partial charge in [-0.15, -0.1) is 0 Å². The van der Waals surface area contributed by atoms with Gasteiger partial charge in [-0.2, -0.15) is 0 Å². The molecule has 0 aliphatic carbocycles. The SMILES string of the molecule is CC(C)(C)C(=O)OC[C@H]1O[C@H](OC[C@H]2O[C@H](OC[C@H]3O[C@H](Sc4ccc(F)cc4)[C@@H](OC(=O)C(C)(C)C)[C@@H](OCc4ccccc4)[C@@H]3OCc3ccccc3)[C@@H](OC(=O)C(C)(C)C)[C@@H](OCc3ccccc3)[C@@H]2OCc2ccccc2)[C@@H](OC(=O)C(C)(C)C)[C@@H](OCc2ccccc2)[C@@H]1OCc1ccccc1. The van der Waals surface area contributed by atoms with Crippen molar-refractivity contribution in [3.63, 3.8) is 0 Å². The molecule has 3 fully saturated rings. The fourth-order valence-corrected chi connectivity index (χ4v) is 13.0. The van der Waals surface area contributed by atoms with Crippen molar-refractivity contribution in [1.82, 2.24) is 0 Å². The summed E-state index contributed by atoms with van der Waals surface area (Å²) in [5.41, 5.74) is -0.323. The van der Waals surface area contributed by atoms with Crippen molar-refractivity contribution in [2.45, 2.75) is 219 Å². The second-order valence-corrected chi connectivity index (χ2v) is 32.3. The highest BCUT2D eigenvalue weighted by Crippen LogP contribution is 2.42. The number of benzene rings is 7. The predicted molar refractivity (Wildman–Crippen MR) is 399 cm³/mol. The van der Waals surface area contributed by atoms with E-state index in [2.05, 4.69) is 0 Å². The molecule has 0 bridgehead atoms. The summed E-state index contributed by atoms with van der Waals surface area (Å²) in [6.45, 7) is 19.9. The summed E-state index contributed by atoms with van der Waals surface area (Å²) < 4.78 is 119. The summed E-state index contributed by atoms with van der Waals surface area (Å²) in [4.78, 5) is 58.3. The molecule has 3 aliphatic rings. The maximum absolute atomic E-state index is 14.8. The average molecular weight is 1490 g/mol. The highest BCUT2D eigenvalue weighted by molar-refractivity contribution is 7.99. The van der Waals surface area contributed by atoms with Gasteiger partial charge >= 0.3 is 23.9 Å². The number of hydrogen-bond acceptors (Lipinski definition) is 20. The fourth-order valence-electron chi connectivity index (χ4n) is 11.9. The molecular formula is C86H103FO19S. The van der Waals surface area contributed by atoms with E-state index >= 15 is 0 Å². The van der Waals surface area contributed by atoms with Crippen LogP contribution in [-0.4, -0.2) is 135 Å². The van der Waals surface area contributed by atoms with Gasteiger partial charge in [0.15, 0.2) is 30.9 Å². The monoisotopic (exact) mass is 1490 g/mol. The molecule has 7 aromatic carbocycles. The lowest BCUT2D eigenvalue weighted by atomic mass is 9.94. The summed E-state index contributed by atoms with van der Waals surface area (Å²) >= 11 is 1.20. The summed E-state index contributed by atoms with van der Waals surface area (Å²) in [5.74, 6) is -2.75. The van der Waals surface area contributed by atoms with Crippen LogP contribution >= 0.6 is 11.8 Å². The van der Waals surface area contributed by atoms with Crippen LogP contribution in [0.5, 0.6) is 0 Å². The molecule has 21 heteroatoms. The van der Waals surface area contributed by atoms with Crippen molar-refractivity contribution in [2.24, 2.45) is 21.7 Å². The van der Waals surface area contributed by atoms with Crippen LogP contribution in [0.1, 0.15) is 116 Å². The van der Waals surface area contributed by atoms with Crippen LogP contribution in [0.3, 0.4) is 0 Å². The van der Waals surface area contributed by atoms with Crippen LogP contribution in [0.2, 0.25) is 0 Å². The number of thioether (sulfide) groups is 1. The van der Waals surface area contributed by atoms with E-state index in [1.807, 2.05) is 182 Å². The van der Waals surface area contributed by atoms with Crippen LogP contribution < -0.4 is 0 Å². The summed E-state index contributed by atoms with van der Waals surface area (Å²) in [5, 5.41) is 0. The number of hydrogen-bond donors (Lipinski definition) is 0. The summed E-state index contributed by atoms with van der Waals surface area (Å²) in [6, 6.07) is 63.0. The molecule has 574 valence electrons. The molecular weight excluding hydrogens is 1390 g/mol. The maximum Gasteiger partial charge on any atom is 0.311 e. The third-order valence-corrected chi connectivity index (χ3v) is 19.1. The van der Waals surface area contributed by atoms with Crippen molar-refractivity contribution in [3.8, 4) is 0 Å². The first-order valence-electron chi connectivity index (χ1n) is 36.5. The first-order valence-corrected chi connectivity index (χ1v) is 37.4. The third-order valence-electron chi connectivity index (χ3n) is 18.0. The van der Waals surface area contributed by atoms with Crippen LogP contribution in [0, 0.1) is 27.5 Å². The Morgan fingerprint density at radius 2 is 0.570 bits per heavy atom. The van der Waals surface area contributed by atoms with E-state index in [0.717, 1.165) is 33.4 Å². The second-order valence-electron chi connectivity index (χ2n) is 31.1. The summed E-state index contributed by atoms with van der Waals surface area (Å²) in [7, 11) is 0. The van der Waals surface area contributed by atoms with E-state index in [1.54, 1.807) is 95.2 Å². The van der Waals surface area contributed by atoms with Gasteiger partial charge in [-0.25, -0.2) is 4.39 Å². The van der Waals surface area contributed by atoms with E-state index in [-0.39, 0.29) is 52.9 Å². The molecule has 107 heavy (non-hydrogen) atoms. The average Bonchev–Trinajstić information content (AvgIpc) is 0.779. The maximum atomic E-state index is 14.8. The van der Waals surface area contributed by atoms with Crippen LogP contribution in [0.4, 0.5) is 4.39 Å². The minimum Gasteiger partial charge on any atom is -0.462 e. The molecule has 0 amide bonds. The number of rotatable bonds is 31. The van der Waals surface area contributed by atoms with Crippen molar-refractivity contribution in [2.75, 3.05) is 19.8 Å². The second kappa shape index (κ2) is 38.1. The Hall–Kier alpha value is -7.74. The Bertz CT molecular complexity index is 3850. The Morgan fingerprint density at radius 3 is 0.869 bits per heavy atom. The van der Waals surface area contributed by atoms with E-state index in [0.29, 0.717) is 4.90 Å². The number of halogens is 1. The normalized spacial score (nSPS) is 24.9. The first-order chi connectivity index (χ1) is 51.1. The molecule has 15 atom stereocenters. The Kier molecular flexibility index (Phi) is 29.1. The third kappa shape index (κ3) is 23.9. The molecule has 19 nitrogen and oxygen atoms in total. The van der Waals surface area contributed by atoms with Gasteiger partial charge in [0, 0.05) is 4.90 Å². The zero-order valence-corrected chi connectivity index (χ0v) is 64.0. The lowest BCUT2D eigenvalue weighted by Crippen LogP contribution is -2.65. The lowest BCUT2D eigenvalue weighted by Gasteiger charge is -2.48. The Labute approximate surface area is 632 Å². The van der Waals surface area contributed by atoms with Crippen LogP contribution in [0.15, 0.2) is 211 Å². The molecule has 0 spiro atoms. The largest absolute Gasteiger partial charge is 0.462 e. The number of ether oxygens (including phenoxy) is 15. The van der Waals surface area contributed by atoms with Gasteiger partial charge in [0.2, 0.25) is 0 Å². The van der Waals surface area contributed by atoms with Crippen molar-refractivity contribution in [3.05, 3.63) is 245 Å². The zero-order valence-electron chi connectivity index (χ0n) is 63.2. The summed E-state index contributed by atoms with van der Waals surface area (Å²) in [6.07, 6.45) is -17.3. The minimum absolute atomic E-state index is 0.000389. The van der Waals surface area contributed by atoms with Gasteiger partial charge in [-0.3, -0.25) is 19.2 Å². The van der Waals surface area contributed by atoms with Gasteiger partial charge in [0.1, 0.15) is 72.8 Å². The molecule has 3 heterocycles. The van der Waals surface area contributed by atoms with Crippen molar-refractivity contribution < 1.29 is 94.6 Å². The zero-order chi connectivity index (χ0) is 76.3. The lowest BCUT2D eigenvalue weighted by molar-refractivity contribution is -0.350. The molecule has 3 aliphatic heterocycles. The Morgan fingerprint density at radius 1 is 0.308 bits per heavy atom. The highest BCUT2D eigenvalue weighted by atomic mass is 32.2. The minimum atomic E-state index is -1.56. The molecule has 0 N–H and O–H groups in total. The smallest absolute Gasteiger partial charge is 0.311 e. The van der Waals surface area contributed by atoms with E-state index in [1.165, 1.54) is 23.9 Å². The molecule has 0 radical (unpaired) electrons. The number of carbonyl (C=O) groups excluding carboxylic acids is 4. The molecule has 0 saturated carbocycles. The van der Waals surface area contributed by atoms with Crippen molar-refractivity contribution >= 4 is 35.6 Å². The predicted octanol–water partition coefficient (Wildman–Crippen LogP) is 15.1. The van der Waals surface area contributed by atoms with Gasteiger partial charge in [0.05, 0.1) is 74.5 Å². The van der Waals surface area contributed by atoms with E-state index in [9.17, 15) is 23.6 Å². The molecule has 10 rings (SSSR count). The van der Waals surface area contributed by atoms with E-state index < -0.39 is 149 Å². The number of carbonyl (C=O) groups is 4. The Balaban J connectivity index is 1.09. The quantitative estimate of drug-likeness (QED) is 0.0292.